The van der Waals surface area contributed by atoms with Crippen LogP contribution in [0.25, 0.3) is 10.9 Å². The van der Waals surface area contributed by atoms with E-state index >= 15 is 0 Å². The van der Waals surface area contributed by atoms with Gasteiger partial charge in [-0.25, -0.2) is 0 Å². The van der Waals surface area contributed by atoms with Crippen LogP contribution in [0.2, 0.25) is 0 Å². The Bertz CT molecular complexity index is 1360. The molecule has 2 rings (SSSR count). The molecule has 14 heteroatoms. The number of hydrogen-bond acceptors (Lipinski definition) is 7. The fourth-order valence-corrected chi connectivity index (χ4v) is 4.74. The van der Waals surface area contributed by atoms with Gasteiger partial charge in [-0.3, -0.25) is 28.8 Å². The number of H-pyrrole nitrogens is 1. The number of para-hydroxylation sites is 1. The summed E-state index contributed by atoms with van der Waals surface area (Å²) in [6, 6.07) is 1.71. The lowest BCUT2D eigenvalue weighted by Crippen LogP contribution is -2.59. The average Bonchev–Trinajstić information content (AvgIpc) is 3.36. The Morgan fingerprint density at radius 3 is 1.80 bits per heavy atom. The van der Waals surface area contributed by atoms with E-state index < -0.39 is 65.8 Å². The average molecular weight is 631 g/mol. The van der Waals surface area contributed by atoms with Crippen LogP contribution in [0.15, 0.2) is 30.5 Å². The first-order chi connectivity index (χ1) is 21.1. The molecule has 0 fully saturated rings. The molecule has 1 heterocycles. The predicted octanol–water partition coefficient (Wildman–Crippen LogP) is 1.04. The van der Waals surface area contributed by atoms with Gasteiger partial charge >= 0.3 is 11.9 Å². The van der Waals surface area contributed by atoms with E-state index in [4.69, 9.17) is 10.8 Å². The van der Waals surface area contributed by atoms with Gasteiger partial charge in [-0.1, -0.05) is 45.9 Å². The molecule has 9 N–H and O–H groups in total. The highest BCUT2D eigenvalue weighted by atomic mass is 16.4. The third-order valence-corrected chi connectivity index (χ3v) is 7.15. The van der Waals surface area contributed by atoms with E-state index in [1.165, 1.54) is 6.92 Å². The summed E-state index contributed by atoms with van der Waals surface area (Å²) in [5.41, 5.74) is 7.46. The zero-order valence-electron chi connectivity index (χ0n) is 26.4. The van der Waals surface area contributed by atoms with Crippen molar-refractivity contribution in [3.05, 3.63) is 36.0 Å². The van der Waals surface area contributed by atoms with Crippen LogP contribution in [0.3, 0.4) is 0 Å². The van der Waals surface area contributed by atoms with Gasteiger partial charge in [0.2, 0.25) is 23.6 Å². The molecule has 2 aromatic rings. The van der Waals surface area contributed by atoms with Crippen molar-refractivity contribution in [2.45, 2.75) is 96.9 Å². The number of aromatic amines is 1. The highest BCUT2D eigenvalue weighted by Gasteiger charge is 2.32. The van der Waals surface area contributed by atoms with Gasteiger partial charge in [-0.2, -0.15) is 0 Å². The second kappa shape index (κ2) is 17.1. The number of carbonyl (C=O) groups excluding carboxylic acids is 4. The van der Waals surface area contributed by atoms with Crippen molar-refractivity contribution in [2.75, 3.05) is 0 Å². The van der Waals surface area contributed by atoms with Gasteiger partial charge in [0.25, 0.3) is 0 Å². The largest absolute Gasteiger partial charge is 0.481 e. The molecular formula is C31H46N6O8. The molecule has 1 aromatic carbocycles. The van der Waals surface area contributed by atoms with Gasteiger partial charge in [-0.05, 0) is 49.7 Å². The number of rotatable bonds is 18. The fourth-order valence-electron chi connectivity index (χ4n) is 4.74. The number of amides is 4. The number of nitrogens with one attached hydrogen (secondary N) is 5. The van der Waals surface area contributed by atoms with Crippen LogP contribution < -0.4 is 27.0 Å². The topological polar surface area (TPSA) is 233 Å². The Hall–Kier alpha value is -4.46. The predicted molar refractivity (Wildman–Crippen MR) is 167 cm³/mol. The normalized spacial score (nSPS) is 14.7. The maximum atomic E-state index is 13.7. The summed E-state index contributed by atoms with van der Waals surface area (Å²) < 4.78 is 0. The zero-order chi connectivity index (χ0) is 33.8. The molecule has 1 aromatic heterocycles. The molecule has 45 heavy (non-hydrogen) atoms. The van der Waals surface area contributed by atoms with Crippen LogP contribution in [-0.2, 0) is 35.2 Å². The lowest BCUT2D eigenvalue weighted by Gasteiger charge is -2.27. The molecule has 0 unspecified atom stereocenters. The van der Waals surface area contributed by atoms with Crippen molar-refractivity contribution in [3.8, 4) is 0 Å². The number of carboxylic acid groups (broad SMARTS) is 2. The summed E-state index contributed by atoms with van der Waals surface area (Å²) in [4.78, 5) is 78.5. The number of hydrogen-bond donors (Lipinski definition) is 8. The maximum absolute atomic E-state index is 13.7. The van der Waals surface area contributed by atoms with E-state index in [2.05, 4.69) is 26.3 Å². The van der Waals surface area contributed by atoms with E-state index in [-0.39, 0.29) is 43.9 Å². The van der Waals surface area contributed by atoms with Gasteiger partial charge in [-0.15, -0.1) is 0 Å². The number of carbonyl (C=O) groups is 6. The van der Waals surface area contributed by atoms with E-state index in [0.29, 0.717) is 0 Å². The number of benzene rings is 1. The molecule has 0 radical (unpaired) electrons. The molecular weight excluding hydrogens is 584 g/mol. The fraction of sp³-hybridized carbons (Fsp3) is 0.548. The lowest BCUT2D eigenvalue weighted by atomic mass is 9.99. The second-order valence-corrected chi connectivity index (χ2v) is 12.1. The van der Waals surface area contributed by atoms with Crippen LogP contribution in [0.4, 0.5) is 0 Å². The molecule has 5 atom stereocenters. The minimum atomic E-state index is -1.23. The first kappa shape index (κ1) is 36.7. The van der Waals surface area contributed by atoms with Crippen molar-refractivity contribution in [3.63, 3.8) is 0 Å². The minimum absolute atomic E-state index is 0.0274. The van der Waals surface area contributed by atoms with Crippen molar-refractivity contribution in [1.82, 2.24) is 26.3 Å². The summed E-state index contributed by atoms with van der Waals surface area (Å²) >= 11 is 0. The van der Waals surface area contributed by atoms with E-state index in [9.17, 15) is 33.9 Å². The molecule has 0 saturated carbocycles. The third-order valence-electron chi connectivity index (χ3n) is 7.15. The Morgan fingerprint density at radius 2 is 1.27 bits per heavy atom. The first-order valence-corrected chi connectivity index (χ1v) is 15.1. The third kappa shape index (κ3) is 11.9. The highest BCUT2D eigenvalue weighted by molar-refractivity contribution is 5.96. The zero-order valence-corrected chi connectivity index (χ0v) is 26.4. The van der Waals surface area contributed by atoms with Gasteiger partial charge < -0.3 is 42.2 Å². The van der Waals surface area contributed by atoms with Crippen molar-refractivity contribution >= 4 is 46.5 Å². The van der Waals surface area contributed by atoms with Crippen LogP contribution in [0, 0.1) is 11.8 Å². The SMILES string of the molecule is CC(C)C[C@H](NC(=O)[C@H](CC(C)C)NC(=O)[C@H](Cc1c[nH]c2ccccc12)NC(=O)[C@@H](N)CCC(=O)O)C(=O)N[C@@H](C)C(=O)O. The number of aromatic nitrogens is 1. The van der Waals surface area contributed by atoms with Crippen molar-refractivity contribution in [1.29, 1.82) is 0 Å². The van der Waals surface area contributed by atoms with Crippen molar-refractivity contribution in [2.24, 2.45) is 17.6 Å². The lowest BCUT2D eigenvalue weighted by molar-refractivity contribution is -0.142. The molecule has 0 saturated heterocycles. The maximum Gasteiger partial charge on any atom is 0.325 e. The molecule has 0 aliphatic heterocycles. The standard InChI is InChI=1S/C31H46N6O8/c1-16(2)12-23(28(41)34-18(5)31(44)45)36-29(42)24(13-17(3)4)37-30(43)25(35-27(40)21(32)10-11-26(38)39)14-19-15-33-22-9-7-6-8-20(19)22/h6-9,15-18,21,23-25,33H,10-14,32H2,1-5H3,(H,34,41)(H,35,40)(H,36,42)(H,37,43)(H,38,39)(H,44,45)/t18-,21-,23-,24-,25-/m0/s1. The summed E-state index contributed by atoms with van der Waals surface area (Å²) in [5.74, 6) is -5.13. The van der Waals surface area contributed by atoms with Crippen LogP contribution >= 0.6 is 0 Å². The monoisotopic (exact) mass is 630 g/mol. The Balaban J connectivity index is 2.32. The van der Waals surface area contributed by atoms with Crippen LogP contribution in [0.1, 0.15) is 65.9 Å². The Morgan fingerprint density at radius 1 is 0.756 bits per heavy atom. The summed E-state index contributed by atoms with van der Waals surface area (Å²) in [6.07, 6.45) is 1.70. The minimum Gasteiger partial charge on any atom is -0.481 e. The molecule has 4 amide bonds. The number of fused-ring (bicyclic) bond motifs is 1. The summed E-state index contributed by atoms with van der Waals surface area (Å²) in [7, 11) is 0. The summed E-state index contributed by atoms with van der Waals surface area (Å²) in [5, 5.41) is 29.4. The molecule has 0 aliphatic carbocycles. The Labute approximate surface area is 262 Å². The van der Waals surface area contributed by atoms with Crippen molar-refractivity contribution < 1.29 is 39.0 Å². The van der Waals surface area contributed by atoms with Gasteiger partial charge in [0.1, 0.15) is 24.2 Å². The van der Waals surface area contributed by atoms with Crippen LogP contribution in [0.5, 0.6) is 0 Å². The van der Waals surface area contributed by atoms with Gasteiger partial charge in [0.15, 0.2) is 0 Å². The smallest absolute Gasteiger partial charge is 0.325 e. The molecule has 0 aliphatic rings. The Kier molecular flexibility index (Phi) is 14.0. The number of aliphatic carboxylic acids is 2. The van der Waals surface area contributed by atoms with Gasteiger partial charge in [0, 0.05) is 29.9 Å². The van der Waals surface area contributed by atoms with Gasteiger partial charge in [0.05, 0.1) is 6.04 Å². The molecule has 248 valence electrons. The van der Waals surface area contributed by atoms with Crippen LogP contribution in [-0.4, -0.2) is 81.0 Å². The van der Waals surface area contributed by atoms with E-state index in [0.717, 1.165) is 16.5 Å². The molecule has 14 nitrogen and oxygen atoms in total. The number of nitrogens with two attached hydrogens (primary N) is 1. The molecule has 0 spiro atoms. The highest BCUT2D eigenvalue weighted by Crippen LogP contribution is 2.20. The quantitative estimate of drug-likeness (QED) is 0.117. The number of carboxylic acids is 2. The van der Waals surface area contributed by atoms with E-state index in [1.54, 1.807) is 6.20 Å². The second-order valence-electron chi connectivity index (χ2n) is 12.1. The first-order valence-electron chi connectivity index (χ1n) is 15.1. The van der Waals surface area contributed by atoms with E-state index in [1.807, 2.05) is 52.0 Å². The summed E-state index contributed by atoms with van der Waals surface area (Å²) in [6.45, 7) is 8.71. The molecule has 0 bridgehead atoms.